The van der Waals surface area contributed by atoms with Crippen molar-refractivity contribution in [3.8, 4) is 0 Å². The van der Waals surface area contributed by atoms with Crippen molar-refractivity contribution >= 4 is 29.1 Å². The number of hydrogen-bond donors (Lipinski definition) is 0. The van der Waals surface area contributed by atoms with Gasteiger partial charge in [0.15, 0.2) is 11.6 Å². The molecule has 3 saturated heterocycles. The molecule has 3 aliphatic rings. The molecule has 1 aromatic carbocycles. The molecule has 0 bridgehead atoms. The number of benzene rings is 1. The van der Waals surface area contributed by atoms with Crippen LogP contribution < -0.4 is 14.7 Å². The van der Waals surface area contributed by atoms with Gasteiger partial charge in [0.05, 0.1) is 5.92 Å². The highest BCUT2D eigenvalue weighted by molar-refractivity contribution is 6.00. The SMILES string of the molecule is Cc1ccc(N2CC(C(=O)N3CCN(c4ccc(N5CCC(C)CC5)nn4)CC3)CC2=O)cc1. The number of hydrogen-bond acceptors (Lipinski definition) is 6. The van der Waals surface area contributed by atoms with E-state index in [1.54, 1.807) is 4.90 Å². The van der Waals surface area contributed by atoms with Gasteiger partial charge in [-0.15, -0.1) is 10.2 Å². The summed E-state index contributed by atoms with van der Waals surface area (Å²) in [6.07, 6.45) is 2.69. The van der Waals surface area contributed by atoms with E-state index in [1.165, 1.54) is 12.8 Å². The average Bonchev–Trinajstić information content (AvgIpc) is 3.26. The van der Waals surface area contributed by atoms with E-state index in [0.29, 0.717) is 19.6 Å². The minimum absolute atomic E-state index is 0.0272. The van der Waals surface area contributed by atoms with Crippen LogP contribution in [0.2, 0.25) is 0 Å². The number of piperazine rings is 1. The predicted molar refractivity (Wildman–Crippen MR) is 133 cm³/mol. The van der Waals surface area contributed by atoms with Crippen molar-refractivity contribution in [2.24, 2.45) is 11.8 Å². The minimum atomic E-state index is -0.272. The van der Waals surface area contributed by atoms with Crippen LogP contribution in [0.25, 0.3) is 0 Å². The summed E-state index contributed by atoms with van der Waals surface area (Å²) < 4.78 is 0. The molecule has 0 spiro atoms. The van der Waals surface area contributed by atoms with E-state index in [2.05, 4.69) is 33.0 Å². The lowest BCUT2D eigenvalue weighted by atomic mass is 9.99. The number of carbonyl (C=O) groups is 2. The lowest BCUT2D eigenvalue weighted by Gasteiger charge is -2.36. The van der Waals surface area contributed by atoms with Gasteiger partial charge in [0.2, 0.25) is 11.8 Å². The summed E-state index contributed by atoms with van der Waals surface area (Å²) in [7, 11) is 0. The third kappa shape index (κ3) is 4.72. The van der Waals surface area contributed by atoms with Crippen molar-refractivity contribution in [1.82, 2.24) is 15.1 Å². The van der Waals surface area contributed by atoms with E-state index in [4.69, 9.17) is 0 Å². The summed E-state index contributed by atoms with van der Waals surface area (Å²) in [5.74, 6) is 2.45. The maximum absolute atomic E-state index is 13.2. The Hall–Kier alpha value is -3.16. The molecule has 0 radical (unpaired) electrons. The van der Waals surface area contributed by atoms with Crippen LogP contribution in [0.15, 0.2) is 36.4 Å². The van der Waals surface area contributed by atoms with Gasteiger partial charge >= 0.3 is 0 Å². The second-order valence-electron chi connectivity index (χ2n) is 9.97. The molecule has 1 unspecified atom stereocenters. The van der Waals surface area contributed by atoms with Crippen LogP contribution in [0.4, 0.5) is 17.3 Å². The quantitative estimate of drug-likeness (QED) is 0.696. The highest BCUT2D eigenvalue weighted by Crippen LogP contribution is 2.27. The average molecular weight is 463 g/mol. The van der Waals surface area contributed by atoms with Crippen LogP contribution in [-0.2, 0) is 9.59 Å². The molecule has 2 amide bonds. The third-order valence-electron chi connectivity index (χ3n) is 7.48. The fourth-order valence-corrected chi connectivity index (χ4v) is 5.15. The number of amides is 2. The van der Waals surface area contributed by atoms with Gasteiger partial charge < -0.3 is 19.6 Å². The third-order valence-corrected chi connectivity index (χ3v) is 7.48. The van der Waals surface area contributed by atoms with Crippen LogP contribution in [0.3, 0.4) is 0 Å². The van der Waals surface area contributed by atoms with Gasteiger partial charge in [-0.1, -0.05) is 24.6 Å². The number of anilines is 3. The summed E-state index contributed by atoms with van der Waals surface area (Å²) in [5, 5.41) is 8.96. The van der Waals surface area contributed by atoms with Crippen molar-refractivity contribution in [2.45, 2.75) is 33.1 Å². The Balaban J connectivity index is 1.14. The van der Waals surface area contributed by atoms with Crippen LogP contribution in [-0.4, -0.2) is 72.7 Å². The molecule has 8 heteroatoms. The second kappa shape index (κ2) is 9.60. The van der Waals surface area contributed by atoms with Gasteiger partial charge in [0.1, 0.15) is 0 Å². The minimum Gasteiger partial charge on any atom is -0.355 e. The molecule has 180 valence electrons. The topological polar surface area (TPSA) is 72.9 Å². The van der Waals surface area contributed by atoms with Crippen molar-refractivity contribution < 1.29 is 9.59 Å². The molecule has 5 rings (SSSR count). The number of nitrogens with zero attached hydrogens (tertiary/aromatic N) is 6. The number of carbonyl (C=O) groups excluding carboxylic acids is 2. The highest BCUT2D eigenvalue weighted by atomic mass is 16.2. The maximum Gasteiger partial charge on any atom is 0.228 e. The van der Waals surface area contributed by atoms with E-state index in [0.717, 1.165) is 55.0 Å². The van der Waals surface area contributed by atoms with Gasteiger partial charge in [-0.05, 0) is 49.9 Å². The van der Waals surface area contributed by atoms with Crippen LogP contribution in [0.5, 0.6) is 0 Å². The smallest absolute Gasteiger partial charge is 0.228 e. The first-order valence-corrected chi connectivity index (χ1v) is 12.5. The molecule has 0 aliphatic carbocycles. The van der Waals surface area contributed by atoms with E-state index in [9.17, 15) is 9.59 Å². The summed E-state index contributed by atoms with van der Waals surface area (Å²) in [6, 6.07) is 12.0. The summed E-state index contributed by atoms with van der Waals surface area (Å²) in [4.78, 5) is 33.9. The van der Waals surface area contributed by atoms with Crippen molar-refractivity contribution in [1.29, 1.82) is 0 Å². The molecule has 0 N–H and O–H groups in total. The van der Waals surface area contributed by atoms with Gasteiger partial charge in [-0.25, -0.2) is 0 Å². The normalized spacial score (nSPS) is 21.9. The Labute approximate surface area is 201 Å². The number of aromatic nitrogens is 2. The summed E-state index contributed by atoms with van der Waals surface area (Å²) in [5.41, 5.74) is 2.03. The molecule has 1 atom stereocenters. The number of aryl methyl sites for hydroxylation is 1. The van der Waals surface area contributed by atoms with Gasteiger partial charge in [0, 0.05) is 57.9 Å². The summed E-state index contributed by atoms with van der Waals surface area (Å²) >= 11 is 0. The van der Waals surface area contributed by atoms with Crippen molar-refractivity contribution in [3.05, 3.63) is 42.0 Å². The largest absolute Gasteiger partial charge is 0.355 e. The Morgan fingerprint density at radius 3 is 2.03 bits per heavy atom. The zero-order valence-electron chi connectivity index (χ0n) is 20.2. The zero-order chi connectivity index (χ0) is 23.7. The maximum atomic E-state index is 13.2. The Kier molecular flexibility index (Phi) is 6.39. The number of piperidine rings is 1. The second-order valence-corrected chi connectivity index (χ2v) is 9.97. The van der Waals surface area contributed by atoms with E-state index >= 15 is 0 Å². The van der Waals surface area contributed by atoms with E-state index < -0.39 is 0 Å². The Bertz CT molecular complexity index is 1010. The molecule has 1 aromatic heterocycles. The first-order valence-electron chi connectivity index (χ1n) is 12.5. The van der Waals surface area contributed by atoms with E-state index in [1.807, 2.05) is 42.2 Å². The van der Waals surface area contributed by atoms with Crippen LogP contribution in [0, 0.1) is 18.8 Å². The molecular formula is C26H34N6O2. The highest BCUT2D eigenvalue weighted by Gasteiger charge is 2.38. The molecule has 4 heterocycles. The van der Waals surface area contributed by atoms with Crippen LogP contribution in [0.1, 0.15) is 31.7 Å². The standard InChI is InChI=1S/C26H34N6O2/c1-19-3-5-22(6-4-19)32-18-21(17-25(32)33)26(34)31-15-13-30(14-16-31)24-8-7-23(27-28-24)29-11-9-20(2)10-12-29/h3-8,20-21H,9-18H2,1-2H3. The molecule has 34 heavy (non-hydrogen) atoms. The molecule has 3 aliphatic heterocycles. The molecular weight excluding hydrogens is 428 g/mol. The monoisotopic (exact) mass is 462 g/mol. The fourth-order valence-electron chi connectivity index (χ4n) is 5.15. The van der Waals surface area contributed by atoms with Gasteiger partial charge in [-0.2, -0.15) is 0 Å². The number of rotatable bonds is 4. The Morgan fingerprint density at radius 2 is 1.44 bits per heavy atom. The summed E-state index contributed by atoms with van der Waals surface area (Å²) in [6.45, 7) is 9.61. The molecule has 0 saturated carbocycles. The Morgan fingerprint density at radius 1 is 0.853 bits per heavy atom. The fraction of sp³-hybridized carbons (Fsp3) is 0.538. The molecule has 3 fully saturated rings. The lowest BCUT2D eigenvalue weighted by molar-refractivity contribution is -0.136. The lowest BCUT2D eigenvalue weighted by Crippen LogP contribution is -2.51. The van der Waals surface area contributed by atoms with Gasteiger partial charge in [0.25, 0.3) is 0 Å². The van der Waals surface area contributed by atoms with Crippen LogP contribution >= 0.6 is 0 Å². The molecule has 2 aromatic rings. The molecule has 8 nitrogen and oxygen atoms in total. The van der Waals surface area contributed by atoms with Crippen molar-refractivity contribution in [2.75, 3.05) is 60.5 Å². The first-order chi connectivity index (χ1) is 16.5. The predicted octanol–water partition coefficient (Wildman–Crippen LogP) is 2.72. The first kappa shape index (κ1) is 22.6. The van der Waals surface area contributed by atoms with Gasteiger partial charge in [-0.3, -0.25) is 9.59 Å². The zero-order valence-corrected chi connectivity index (χ0v) is 20.2. The van der Waals surface area contributed by atoms with Crippen molar-refractivity contribution in [3.63, 3.8) is 0 Å². The van der Waals surface area contributed by atoms with E-state index in [-0.39, 0.29) is 24.2 Å².